The van der Waals surface area contributed by atoms with Crippen molar-refractivity contribution in [3.05, 3.63) is 39.9 Å². The molecule has 0 saturated carbocycles. The summed E-state index contributed by atoms with van der Waals surface area (Å²) >= 11 is 6.24. The fraction of sp³-hybridized carbons (Fsp3) is 0.538. The summed E-state index contributed by atoms with van der Waals surface area (Å²) in [5.41, 5.74) is 0.970. The number of hydrogen-bond donors (Lipinski definition) is 0. The van der Waals surface area contributed by atoms with Crippen molar-refractivity contribution in [3.8, 4) is 0 Å². The molecule has 98 valence electrons. The summed E-state index contributed by atoms with van der Waals surface area (Å²) in [5, 5.41) is 11.0. The molecule has 1 fully saturated rings. The van der Waals surface area contributed by atoms with E-state index in [2.05, 4.69) is 0 Å². The van der Waals surface area contributed by atoms with Crippen LogP contribution in [-0.4, -0.2) is 23.5 Å². The highest BCUT2D eigenvalue weighted by atomic mass is 35.5. The third-order valence-electron chi connectivity index (χ3n) is 3.35. The van der Waals surface area contributed by atoms with Crippen LogP contribution in [0.5, 0.6) is 0 Å². The highest BCUT2D eigenvalue weighted by Crippen LogP contribution is 2.27. The van der Waals surface area contributed by atoms with E-state index in [1.54, 1.807) is 12.1 Å². The second-order valence-corrected chi connectivity index (χ2v) is 5.12. The largest absolute Gasteiger partial charge is 0.381 e. The number of para-hydroxylation sites is 1. The van der Waals surface area contributed by atoms with E-state index in [4.69, 9.17) is 16.3 Å². The van der Waals surface area contributed by atoms with Gasteiger partial charge in [0.15, 0.2) is 0 Å². The van der Waals surface area contributed by atoms with Crippen LogP contribution < -0.4 is 0 Å². The summed E-state index contributed by atoms with van der Waals surface area (Å²) in [6.45, 7) is 1.38. The molecule has 1 aliphatic heterocycles. The highest BCUT2D eigenvalue weighted by Gasteiger charge is 2.24. The van der Waals surface area contributed by atoms with Gasteiger partial charge in [0.05, 0.1) is 11.5 Å². The van der Waals surface area contributed by atoms with Crippen LogP contribution in [0.25, 0.3) is 0 Å². The Hall–Kier alpha value is -1.13. The van der Waals surface area contributed by atoms with E-state index in [0.717, 1.165) is 25.0 Å². The van der Waals surface area contributed by atoms with Crippen LogP contribution in [-0.2, 0) is 11.2 Å². The van der Waals surface area contributed by atoms with Crippen molar-refractivity contribution in [2.24, 2.45) is 5.92 Å². The van der Waals surface area contributed by atoms with Crippen molar-refractivity contribution < 1.29 is 9.66 Å². The zero-order valence-electron chi connectivity index (χ0n) is 10.0. The zero-order chi connectivity index (χ0) is 13.0. The van der Waals surface area contributed by atoms with Crippen LogP contribution in [0.3, 0.4) is 0 Å². The van der Waals surface area contributed by atoms with Crippen molar-refractivity contribution in [2.75, 3.05) is 13.2 Å². The lowest BCUT2D eigenvalue weighted by Gasteiger charge is -2.27. The van der Waals surface area contributed by atoms with Crippen LogP contribution in [0.4, 0.5) is 5.69 Å². The summed E-state index contributed by atoms with van der Waals surface area (Å²) in [7, 11) is 0. The molecule has 1 heterocycles. The molecule has 18 heavy (non-hydrogen) atoms. The summed E-state index contributed by atoms with van der Waals surface area (Å²) in [4.78, 5) is 10.6. The Kier molecular flexibility index (Phi) is 4.55. The van der Waals surface area contributed by atoms with Crippen molar-refractivity contribution in [3.63, 3.8) is 0 Å². The van der Waals surface area contributed by atoms with Crippen molar-refractivity contribution in [2.45, 2.75) is 24.6 Å². The third-order valence-corrected chi connectivity index (χ3v) is 3.93. The van der Waals surface area contributed by atoms with Gasteiger partial charge in [-0.3, -0.25) is 10.1 Å². The number of hydrogen-bond acceptors (Lipinski definition) is 3. The second-order valence-electron chi connectivity index (χ2n) is 4.56. The van der Waals surface area contributed by atoms with Gasteiger partial charge in [-0.1, -0.05) is 18.2 Å². The number of ether oxygens (including phenoxy) is 1. The molecular weight excluding hydrogens is 254 g/mol. The maximum Gasteiger partial charge on any atom is 0.272 e. The second kappa shape index (κ2) is 6.16. The van der Waals surface area contributed by atoms with Crippen molar-refractivity contribution >= 4 is 17.3 Å². The molecule has 1 aromatic rings. The van der Waals surface area contributed by atoms with Crippen molar-refractivity contribution in [1.29, 1.82) is 0 Å². The molecular formula is C13H16ClNO3. The quantitative estimate of drug-likeness (QED) is 0.479. The first-order valence-electron chi connectivity index (χ1n) is 6.12. The van der Waals surface area contributed by atoms with E-state index < -0.39 is 0 Å². The van der Waals surface area contributed by atoms with E-state index in [-0.39, 0.29) is 16.0 Å². The van der Waals surface area contributed by atoms with E-state index in [1.165, 1.54) is 0 Å². The number of benzene rings is 1. The predicted octanol–water partition coefficient (Wildman–Crippen LogP) is 3.17. The van der Waals surface area contributed by atoms with Crippen LogP contribution >= 0.6 is 11.6 Å². The third kappa shape index (κ3) is 3.21. The average Bonchev–Trinajstić information content (AvgIpc) is 2.38. The lowest BCUT2D eigenvalue weighted by atomic mass is 9.93. The zero-order valence-corrected chi connectivity index (χ0v) is 10.8. The molecule has 2 rings (SSSR count). The maximum absolute atomic E-state index is 10.9. The first-order chi connectivity index (χ1) is 8.68. The lowest BCUT2D eigenvalue weighted by molar-refractivity contribution is -0.385. The average molecular weight is 270 g/mol. The van der Waals surface area contributed by atoms with E-state index in [0.29, 0.717) is 18.9 Å². The molecule has 1 aliphatic rings. The molecule has 5 heteroatoms. The maximum atomic E-state index is 10.9. The van der Waals surface area contributed by atoms with Gasteiger partial charge in [0.2, 0.25) is 0 Å². The van der Waals surface area contributed by atoms with Crippen molar-refractivity contribution in [1.82, 2.24) is 0 Å². The van der Waals surface area contributed by atoms with Gasteiger partial charge >= 0.3 is 0 Å². The molecule has 0 aromatic heterocycles. The Labute approximate surface area is 111 Å². The van der Waals surface area contributed by atoms with E-state index >= 15 is 0 Å². The first-order valence-corrected chi connectivity index (χ1v) is 6.56. The molecule has 0 radical (unpaired) electrons. The molecule has 1 saturated heterocycles. The van der Waals surface area contributed by atoms with E-state index in [9.17, 15) is 10.1 Å². The molecule has 0 bridgehead atoms. The van der Waals surface area contributed by atoms with Gasteiger partial charge < -0.3 is 4.74 Å². The van der Waals surface area contributed by atoms with Gasteiger partial charge in [-0.05, 0) is 25.2 Å². The normalized spacial score (nSPS) is 23.8. The molecule has 0 aliphatic carbocycles. The molecule has 0 N–H and O–H groups in total. The van der Waals surface area contributed by atoms with Crippen LogP contribution in [0.2, 0.25) is 0 Å². The molecule has 2 atom stereocenters. The fourth-order valence-electron chi connectivity index (χ4n) is 2.28. The number of rotatable bonds is 4. The molecule has 0 spiro atoms. The standard InChI is InChI=1S/C13H16ClNO3/c14-12-7-8-18-9-11(12)6-5-10-3-1-2-4-13(10)15(16)17/h1-4,11-12H,5-9H2. The Balaban J connectivity index is 1.99. The summed E-state index contributed by atoms with van der Waals surface area (Å²) in [5.74, 6) is 0.292. The number of aryl methyl sites for hydroxylation is 1. The first kappa shape index (κ1) is 13.3. The Morgan fingerprint density at radius 2 is 2.22 bits per heavy atom. The molecule has 4 nitrogen and oxygen atoms in total. The summed E-state index contributed by atoms with van der Waals surface area (Å²) in [6.07, 6.45) is 2.37. The smallest absolute Gasteiger partial charge is 0.272 e. The van der Waals surface area contributed by atoms with Gasteiger partial charge in [0, 0.05) is 23.6 Å². The SMILES string of the molecule is O=[N+]([O-])c1ccccc1CCC1COCCC1Cl. The van der Waals surface area contributed by atoms with E-state index in [1.807, 2.05) is 12.1 Å². The minimum atomic E-state index is -0.328. The van der Waals surface area contributed by atoms with Gasteiger partial charge in [-0.2, -0.15) is 0 Å². The Bertz CT molecular complexity index is 424. The number of alkyl halides is 1. The van der Waals surface area contributed by atoms with Crippen LogP contribution in [0.15, 0.2) is 24.3 Å². The number of nitro benzene ring substituents is 1. The monoisotopic (exact) mass is 269 g/mol. The molecule has 0 amide bonds. The van der Waals surface area contributed by atoms with Crippen LogP contribution in [0.1, 0.15) is 18.4 Å². The van der Waals surface area contributed by atoms with Crippen LogP contribution in [0, 0.1) is 16.0 Å². The summed E-state index contributed by atoms with van der Waals surface area (Å²) < 4.78 is 5.40. The topological polar surface area (TPSA) is 52.4 Å². The highest BCUT2D eigenvalue weighted by molar-refractivity contribution is 6.20. The fourth-order valence-corrected chi connectivity index (χ4v) is 2.56. The lowest BCUT2D eigenvalue weighted by Crippen LogP contribution is -2.28. The van der Waals surface area contributed by atoms with Gasteiger partial charge in [0.1, 0.15) is 0 Å². The molecule has 2 unspecified atom stereocenters. The Morgan fingerprint density at radius 3 is 2.94 bits per heavy atom. The van der Waals surface area contributed by atoms with Gasteiger partial charge in [-0.25, -0.2) is 0 Å². The minimum absolute atomic E-state index is 0.126. The summed E-state index contributed by atoms with van der Waals surface area (Å²) in [6, 6.07) is 6.88. The number of nitrogens with zero attached hydrogens (tertiary/aromatic N) is 1. The number of nitro groups is 1. The van der Waals surface area contributed by atoms with Gasteiger partial charge in [-0.15, -0.1) is 11.6 Å². The predicted molar refractivity (Wildman–Crippen MR) is 70.0 cm³/mol. The van der Waals surface area contributed by atoms with Gasteiger partial charge in [0.25, 0.3) is 5.69 Å². The molecule has 1 aromatic carbocycles. The Morgan fingerprint density at radius 1 is 1.44 bits per heavy atom. The number of halogens is 1. The minimum Gasteiger partial charge on any atom is -0.381 e.